The minimum absolute atomic E-state index is 0.0127. The van der Waals surface area contributed by atoms with Gasteiger partial charge in [-0.2, -0.15) is 0 Å². The Balaban J connectivity index is 1.22. The van der Waals surface area contributed by atoms with E-state index in [1.54, 1.807) is 16.9 Å². The summed E-state index contributed by atoms with van der Waals surface area (Å²) in [5.41, 5.74) is 0.690. The number of fused-ring (bicyclic) bond motifs is 1. The van der Waals surface area contributed by atoms with Crippen LogP contribution in [0.5, 0.6) is 0 Å². The lowest BCUT2D eigenvalue weighted by molar-refractivity contribution is -0.121. The molecule has 8 atom stereocenters. The van der Waals surface area contributed by atoms with Crippen molar-refractivity contribution < 1.29 is 33.3 Å². The van der Waals surface area contributed by atoms with Crippen LogP contribution in [0.3, 0.4) is 0 Å². The predicted octanol–water partition coefficient (Wildman–Crippen LogP) is 2.83. The number of likely N-dealkylation sites (tertiary alicyclic amines) is 2. The molecular formula is C25H38N2O7. The van der Waals surface area contributed by atoms with Gasteiger partial charge in [0.2, 0.25) is 0 Å². The van der Waals surface area contributed by atoms with E-state index < -0.39 is 0 Å². The molecule has 2 amide bonds. The van der Waals surface area contributed by atoms with E-state index in [-0.39, 0.29) is 59.5 Å². The molecule has 1 spiro atoms. The quantitative estimate of drug-likeness (QED) is 0.443. The molecule has 0 aromatic rings. The number of epoxide rings is 2. The molecule has 9 heteroatoms. The van der Waals surface area contributed by atoms with Gasteiger partial charge in [0.15, 0.2) is 0 Å². The van der Waals surface area contributed by atoms with Gasteiger partial charge in [-0.25, -0.2) is 9.59 Å². The molecule has 5 fully saturated rings. The van der Waals surface area contributed by atoms with Crippen LogP contribution in [0.15, 0.2) is 11.6 Å². The highest BCUT2D eigenvalue weighted by Gasteiger charge is 2.72. The number of carbonyl (C=O) groups is 2. The fourth-order valence-corrected chi connectivity index (χ4v) is 6.69. The van der Waals surface area contributed by atoms with Crippen LogP contribution >= 0.6 is 0 Å². The van der Waals surface area contributed by atoms with Crippen molar-refractivity contribution in [3.63, 3.8) is 0 Å². The number of ether oxygens (including phenoxy) is 5. The van der Waals surface area contributed by atoms with Gasteiger partial charge in [0.25, 0.3) is 0 Å². The molecule has 4 saturated heterocycles. The number of allylic oxidation sites excluding steroid dienone is 1. The van der Waals surface area contributed by atoms with Crippen molar-refractivity contribution in [1.29, 1.82) is 0 Å². The Morgan fingerprint density at radius 3 is 2.21 bits per heavy atom. The first-order valence-electron chi connectivity index (χ1n) is 12.5. The third-order valence-corrected chi connectivity index (χ3v) is 8.67. The lowest BCUT2D eigenvalue weighted by atomic mass is 9.68. The van der Waals surface area contributed by atoms with Crippen LogP contribution in [-0.2, 0) is 23.7 Å². The van der Waals surface area contributed by atoms with Crippen LogP contribution in [0.4, 0.5) is 9.59 Å². The average molecular weight is 479 g/mol. The van der Waals surface area contributed by atoms with E-state index in [2.05, 4.69) is 26.8 Å². The monoisotopic (exact) mass is 478 g/mol. The molecule has 34 heavy (non-hydrogen) atoms. The standard InChI is InChI=1S/C25H38N2O7/c1-15(2)6-7-19-24(3,34-19)21-20(30-4)18(8-9-25(21)14-32-25)33-23(29)27-12-16-10-26(22(28)31-5)11-17(16)13-27/h6,16-21H,7-14H2,1-5H3/t16-,17+,18-,19-,20-,21?,24+,25+/m1/s1. The molecule has 4 heterocycles. The van der Waals surface area contributed by atoms with E-state index in [4.69, 9.17) is 23.7 Å². The van der Waals surface area contributed by atoms with Gasteiger partial charge in [-0.15, -0.1) is 0 Å². The van der Waals surface area contributed by atoms with Crippen molar-refractivity contribution >= 4 is 12.2 Å². The minimum atomic E-state index is -0.351. The summed E-state index contributed by atoms with van der Waals surface area (Å²) in [7, 11) is 3.09. The fraction of sp³-hybridized carbons (Fsp3) is 0.840. The maximum atomic E-state index is 13.1. The van der Waals surface area contributed by atoms with Crippen molar-refractivity contribution in [2.45, 2.75) is 69.5 Å². The summed E-state index contributed by atoms with van der Waals surface area (Å²) in [5.74, 6) is 0.544. The van der Waals surface area contributed by atoms with E-state index in [0.29, 0.717) is 39.2 Å². The second-order valence-electron chi connectivity index (χ2n) is 11.1. The van der Waals surface area contributed by atoms with Gasteiger partial charge in [-0.3, -0.25) is 0 Å². The van der Waals surface area contributed by atoms with Gasteiger partial charge >= 0.3 is 12.2 Å². The minimum Gasteiger partial charge on any atom is -0.453 e. The van der Waals surface area contributed by atoms with Crippen molar-refractivity contribution in [3.05, 3.63) is 11.6 Å². The highest BCUT2D eigenvalue weighted by atomic mass is 16.6. The maximum absolute atomic E-state index is 13.1. The van der Waals surface area contributed by atoms with Gasteiger partial charge in [0.05, 0.1) is 25.7 Å². The molecule has 4 aliphatic heterocycles. The Morgan fingerprint density at radius 1 is 1.06 bits per heavy atom. The number of hydrogen-bond acceptors (Lipinski definition) is 7. The van der Waals surface area contributed by atoms with Gasteiger partial charge in [-0.1, -0.05) is 11.6 Å². The Labute approximate surface area is 201 Å². The number of methoxy groups -OCH3 is 2. The molecule has 0 aromatic heterocycles. The van der Waals surface area contributed by atoms with E-state index in [9.17, 15) is 9.59 Å². The first-order valence-corrected chi connectivity index (χ1v) is 12.5. The molecule has 1 unspecified atom stereocenters. The Morgan fingerprint density at radius 2 is 1.68 bits per heavy atom. The van der Waals surface area contributed by atoms with Gasteiger partial charge in [0, 0.05) is 45.1 Å². The van der Waals surface area contributed by atoms with Crippen molar-refractivity contribution in [2.24, 2.45) is 17.8 Å². The van der Waals surface area contributed by atoms with Crippen LogP contribution in [0.2, 0.25) is 0 Å². The van der Waals surface area contributed by atoms with Crippen LogP contribution in [0, 0.1) is 17.8 Å². The molecule has 190 valence electrons. The number of hydrogen-bond donors (Lipinski definition) is 0. The zero-order valence-electron chi connectivity index (χ0n) is 21.0. The fourth-order valence-electron chi connectivity index (χ4n) is 6.69. The van der Waals surface area contributed by atoms with Crippen molar-refractivity contribution in [1.82, 2.24) is 9.80 Å². The number of carbonyl (C=O) groups excluding carboxylic acids is 2. The third kappa shape index (κ3) is 4.09. The Bertz CT molecular complexity index is 840. The summed E-state index contributed by atoms with van der Waals surface area (Å²) in [6.07, 6.45) is 3.55. The molecule has 0 radical (unpaired) electrons. The van der Waals surface area contributed by atoms with E-state index in [0.717, 1.165) is 12.8 Å². The summed E-state index contributed by atoms with van der Waals surface area (Å²) in [5, 5.41) is 0. The van der Waals surface area contributed by atoms with Crippen molar-refractivity contribution in [3.8, 4) is 0 Å². The first kappa shape index (κ1) is 23.9. The van der Waals surface area contributed by atoms with Gasteiger partial charge in [0.1, 0.15) is 23.4 Å². The molecule has 1 saturated carbocycles. The zero-order valence-corrected chi connectivity index (χ0v) is 21.0. The summed E-state index contributed by atoms with van der Waals surface area (Å²) in [4.78, 5) is 28.5. The lowest BCUT2D eigenvalue weighted by Crippen LogP contribution is -2.56. The summed E-state index contributed by atoms with van der Waals surface area (Å²) >= 11 is 0. The largest absolute Gasteiger partial charge is 0.453 e. The highest BCUT2D eigenvalue weighted by Crippen LogP contribution is 2.59. The van der Waals surface area contributed by atoms with E-state index in [1.165, 1.54) is 12.7 Å². The number of nitrogens with zero attached hydrogens (tertiary/aromatic N) is 2. The van der Waals surface area contributed by atoms with E-state index >= 15 is 0 Å². The van der Waals surface area contributed by atoms with Crippen LogP contribution < -0.4 is 0 Å². The lowest BCUT2D eigenvalue weighted by Gasteiger charge is -2.43. The van der Waals surface area contributed by atoms with Crippen LogP contribution in [0.1, 0.15) is 40.0 Å². The molecule has 0 N–H and O–H groups in total. The molecule has 0 bridgehead atoms. The number of rotatable bonds is 5. The summed E-state index contributed by atoms with van der Waals surface area (Å²) in [6, 6.07) is 0. The predicted molar refractivity (Wildman–Crippen MR) is 122 cm³/mol. The Hall–Kier alpha value is -1.84. The van der Waals surface area contributed by atoms with E-state index in [1.807, 2.05) is 0 Å². The Kier molecular flexibility index (Phi) is 6.09. The smallest absolute Gasteiger partial charge is 0.410 e. The maximum Gasteiger partial charge on any atom is 0.410 e. The highest BCUT2D eigenvalue weighted by molar-refractivity contribution is 5.70. The van der Waals surface area contributed by atoms with Crippen molar-refractivity contribution in [2.75, 3.05) is 47.0 Å². The van der Waals surface area contributed by atoms with Gasteiger partial charge < -0.3 is 33.5 Å². The second-order valence-corrected chi connectivity index (χ2v) is 11.1. The topological polar surface area (TPSA) is 93.4 Å². The SMILES string of the molecule is COC(=O)N1C[C@@H]2CN(C(=O)O[C@@H]3CC[C@]4(CO4)C([C@@]4(C)O[C@@H]4CC=C(C)C)[C@@H]3OC)C[C@@H]2C1. The second kappa shape index (κ2) is 8.68. The third-order valence-electron chi connectivity index (χ3n) is 8.67. The van der Waals surface area contributed by atoms with Crippen LogP contribution in [0.25, 0.3) is 0 Å². The molecular weight excluding hydrogens is 440 g/mol. The normalized spacial score (nSPS) is 42.4. The molecule has 1 aliphatic carbocycles. The summed E-state index contributed by atoms with van der Waals surface area (Å²) in [6.45, 7) is 9.49. The zero-order chi connectivity index (χ0) is 24.3. The average Bonchev–Trinajstić information content (AvgIpc) is 3.60. The summed E-state index contributed by atoms with van der Waals surface area (Å²) < 4.78 is 29.2. The van der Waals surface area contributed by atoms with Crippen LogP contribution in [-0.4, -0.2) is 98.5 Å². The number of amides is 2. The van der Waals surface area contributed by atoms with Gasteiger partial charge in [-0.05, 0) is 40.0 Å². The molecule has 5 aliphatic rings. The first-order chi connectivity index (χ1) is 16.2. The molecule has 0 aromatic carbocycles. The molecule has 5 rings (SSSR count). The molecule has 9 nitrogen and oxygen atoms in total.